The van der Waals surface area contributed by atoms with E-state index in [9.17, 15) is 12.8 Å². The van der Waals surface area contributed by atoms with Crippen LogP contribution in [0.15, 0.2) is 24.3 Å². The lowest BCUT2D eigenvalue weighted by molar-refractivity contribution is 0.253. The summed E-state index contributed by atoms with van der Waals surface area (Å²) in [5.74, 6) is 0.358. The Hall–Kier alpha value is 0.0600. The third kappa shape index (κ3) is 3.63. The molecule has 112 valence electrons. The van der Waals surface area contributed by atoms with Gasteiger partial charge in [-0.15, -0.1) is 0 Å². The molecule has 20 heavy (non-hydrogen) atoms. The zero-order valence-corrected chi connectivity index (χ0v) is 15.0. The number of rotatable bonds is 5. The van der Waals surface area contributed by atoms with E-state index in [1.807, 2.05) is 6.07 Å². The smallest absolute Gasteiger partial charge is 0.150 e. The summed E-state index contributed by atoms with van der Waals surface area (Å²) in [6, 6.07) is 6.55. The lowest BCUT2D eigenvalue weighted by Gasteiger charge is -2.36. The molecule has 0 N–H and O–H groups in total. The molecule has 1 fully saturated rings. The molecule has 0 aliphatic carbocycles. The van der Waals surface area contributed by atoms with E-state index in [2.05, 4.69) is 31.9 Å². The molecule has 1 heterocycles. The van der Waals surface area contributed by atoms with Gasteiger partial charge in [0.1, 0.15) is 5.82 Å². The van der Waals surface area contributed by atoms with Crippen molar-refractivity contribution in [3.63, 3.8) is 0 Å². The quantitative estimate of drug-likeness (QED) is 0.673. The third-order valence-corrected chi connectivity index (χ3v) is 8.08. The summed E-state index contributed by atoms with van der Waals surface area (Å²) in [6.07, 6.45) is 1.36. The molecule has 1 aliphatic heterocycles. The molecule has 0 aromatic heterocycles. The van der Waals surface area contributed by atoms with E-state index in [1.165, 1.54) is 12.1 Å². The normalized spacial score (nSPS) is 22.1. The van der Waals surface area contributed by atoms with Crippen LogP contribution in [0.5, 0.6) is 0 Å². The molecule has 1 aliphatic rings. The lowest BCUT2D eigenvalue weighted by Crippen LogP contribution is -2.37. The van der Waals surface area contributed by atoms with Crippen molar-refractivity contribution in [3.8, 4) is 0 Å². The number of sulfone groups is 1. The van der Waals surface area contributed by atoms with Gasteiger partial charge in [0, 0.05) is 10.7 Å². The molecule has 1 saturated heterocycles. The second-order valence-electron chi connectivity index (χ2n) is 5.54. The van der Waals surface area contributed by atoms with Gasteiger partial charge in [-0.05, 0) is 41.9 Å². The van der Waals surface area contributed by atoms with Crippen molar-refractivity contribution < 1.29 is 12.8 Å². The van der Waals surface area contributed by atoms with Crippen LogP contribution in [0.1, 0.15) is 12.0 Å². The molecular weight excluding hydrogens is 411 g/mol. The van der Waals surface area contributed by atoms with Gasteiger partial charge in [-0.2, -0.15) is 0 Å². The Morgan fingerprint density at radius 3 is 2.50 bits per heavy atom. The van der Waals surface area contributed by atoms with E-state index in [0.717, 1.165) is 5.56 Å². The average molecular weight is 428 g/mol. The zero-order valence-electron chi connectivity index (χ0n) is 11.0. The van der Waals surface area contributed by atoms with Gasteiger partial charge in [0.05, 0.1) is 11.5 Å². The minimum absolute atomic E-state index is 0.106. The monoisotopic (exact) mass is 426 g/mol. The minimum Gasteiger partial charge on any atom is -0.229 e. The largest absolute Gasteiger partial charge is 0.229 e. The van der Waals surface area contributed by atoms with Gasteiger partial charge < -0.3 is 0 Å². The fourth-order valence-electron chi connectivity index (χ4n) is 2.82. The third-order valence-electron chi connectivity index (χ3n) is 4.08. The van der Waals surface area contributed by atoms with E-state index in [-0.39, 0.29) is 28.7 Å². The van der Waals surface area contributed by atoms with Gasteiger partial charge in [-0.1, -0.05) is 44.0 Å². The first-order chi connectivity index (χ1) is 9.41. The predicted octanol–water partition coefficient (Wildman–Crippen LogP) is 3.58. The van der Waals surface area contributed by atoms with Crippen molar-refractivity contribution >= 4 is 41.7 Å². The zero-order chi connectivity index (χ0) is 14.8. The van der Waals surface area contributed by atoms with Crippen LogP contribution in [-0.4, -0.2) is 30.6 Å². The second-order valence-corrected chi connectivity index (χ2v) is 8.89. The molecule has 1 unspecified atom stereocenters. The van der Waals surface area contributed by atoms with Crippen LogP contribution in [0.3, 0.4) is 0 Å². The first-order valence-electron chi connectivity index (χ1n) is 6.47. The number of hydrogen-bond acceptors (Lipinski definition) is 2. The summed E-state index contributed by atoms with van der Waals surface area (Å²) >= 11 is 7.08. The molecule has 2 nitrogen and oxygen atoms in total. The molecule has 2 rings (SSSR count). The van der Waals surface area contributed by atoms with Gasteiger partial charge in [0.15, 0.2) is 9.84 Å². The van der Waals surface area contributed by atoms with Crippen LogP contribution >= 0.6 is 31.9 Å². The van der Waals surface area contributed by atoms with Crippen LogP contribution in [0, 0.1) is 17.2 Å². The number of alkyl halides is 2. The number of benzene rings is 1. The van der Waals surface area contributed by atoms with Crippen molar-refractivity contribution in [2.24, 2.45) is 11.3 Å². The molecule has 6 heteroatoms. The topological polar surface area (TPSA) is 34.1 Å². The maximum atomic E-state index is 13.3. The Morgan fingerprint density at radius 2 is 2.00 bits per heavy atom. The van der Waals surface area contributed by atoms with Crippen molar-refractivity contribution in [3.05, 3.63) is 35.6 Å². The molecule has 0 radical (unpaired) electrons. The minimum atomic E-state index is -2.91. The van der Waals surface area contributed by atoms with E-state index in [1.54, 1.807) is 6.07 Å². The van der Waals surface area contributed by atoms with Crippen molar-refractivity contribution in [1.29, 1.82) is 0 Å². The van der Waals surface area contributed by atoms with E-state index in [4.69, 9.17) is 0 Å². The molecule has 0 spiro atoms. The Labute approximate surface area is 136 Å². The Bertz CT molecular complexity index is 570. The van der Waals surface area contributed by atoms with E-state index < -0.39 is 9.84 Å². The number of halogens is 3. The first kappa shape index (κ1) is 16.4. The highest BCUT2D eigenvalue weighted by Crippen LogP contribution is 2.41. The number of hydrogen-bond donors (Lipinski definition) is 0. The summed E-state index contributed by atoms with van der Waals surface area (Å²) in [4.78, 5) is 0. The average Bonchev–Trinajstić information content (AvgIpc) is 2.77. The summed E-state index contributed by atoms with van der Waals surface area (Å²) in [6.45, 7) is 0. The highest BCUT2D eigenvalue weighted by atomic mass is 79.9. The summed E-state index contributed by atoms with van der Waals surface area (Å²) < 4.78 is 36.8. The highest BCUT2D eigenvalue weighted by molar-refractivity contribution is 9.09. The van der Waals surface area contributed by atoms with Crippen LogP contribution in [0.2, 0.25) is 0 Å². The molecule has 0 amide bonds. The Morgan fingerprint density at radius 1 is 1.30 bits per heavy atom. The van der Waals surface area contributed by atoms with Crippen LogP contribution in [-0.2, 0) is 16.3 Å². The van der Waals surface area contributed by atoms with Crippen LogP contribution in [0.25, 0.3) is 0 Å². The van der Waals surface area contributed by atoms with Gasteiger partial charge in [-0.3, -0.25) is 0 Å². The predicted molar refractivity (Wildman–Crippen MR) is 86.9 cm³/mol. The van der Waals surface area contributed by atoms with Crippen LogP contribution in [0.4, 0.5) is 4.39 Å². The molecule has 1 atom stereocenters. The summed E-state index contributed by atoms with van der Waals surface area (Å²) in [5.41, 5.74) is 0.713. The molecular formula is C14H17Br2FO2S. The van der Waals surface area contributed by atoms with E-state index in [0.29, 0.717) is 23.5 Å². The van der Waals surface area contributed by atoms with Crippen molar-refractivity contribution in [2.45, 2.75) is 12.8 Å². The first-order valence-corrected chi connectivity index (χ1v) is 10.5. The SMILES string of the molecule is O=S1(=O)CCC(C(CBr)(CBr)Cc2cccc(F)c2)C1. The summed E-state index contributed by atoms with van der Waals surface area (Å²) in [5, 5.41) is 1.39. The van der Waals surface area contributed by atoms with E-state index >= 15 is 0 Å². The maximum absolute atomic E-state index is 13.3. The van der Waals surface area contributed by atoms with Gasteiger partial charge in [0.25, 0.3) is 0 Å². The van der Waals surface area contributed by atoms with Gasteiger partial charge in [-0.25, -0.2) is 12.8 Å². The lowest BCUT2D eigenvalue weighted by atomic mass is 9.74. The van der Waals surface area contributed by atoms with Crippen LogP contribution < -0.4 is 0 Å². The fraction of sp³-hybridized carbons (Fsp3) is 0.571. The fourth-order valence-corrected chi connectivity index (χ4v) is 7.01. The summed E-state index contributed by atoms with van der Waals surface area (Å²) in [7, 11) is -2.91. The van der Waals surface area contributed by atoms with Gasteiger partial charge in [0.2, 0.25) is 0 Å². The standard InChI is InChI=1S/C14H17Br2FO2S/c15-9-14(10-16,12-4-5-20(18,19)8-12)7-11-2-1-3-13(17)6-11/h1-3,6,12H,4-5,7-10H2. The van der Waals surface area contributed by atoms with Crippen molar-refractivity contribution in [1.82, 2.24) is 0 Å². The Balaban J connectivity index is 2.26. The second kappa shape index (κ2) is 6.44. The van der Waals surface area contributed by atoms with Crippen molar-refractivity contribution in [2.75, 3.05) is 22.2 Å². The Kier molecular flexibility index (Phi) is 5.29. The molecule has 1 aromatic carbocycles. The molecule has 0 saturated carbocycles. The van der Waals surface area contributed by atoms with Gasteiger partial charge >= 0.3 is 0 Å². The molecule has 1 aromatic rings. The highest BCUT2D eigenvalue weighted by Gasteiger charge is 2.43. The maximum Gasteiger partial charge on any atom is 0.150 e. The molecule has 0 bridgehead atoms.